The van der Waals surface area contributed by atoms with Crippen LogP contribution in [0.5, 0.6) is 0 Å². The standard InChI is InChI=1S/C12H18N2O2S/c1-2-17(15,16)7-6-14-8-10-4-3-5-12(13)11(10)9-14/h3-5H,2,6-9,13H2,1H3. The lowest BCUT2D eigenvalue weighted by Gasteiger charge is -2.14. The molecule has 0 amide bonds. The lowest BCUT2D eigenvalue weighted by Crippen LogP contribution is -2.25. The fraction of sp³-hybridized carbons (Fsp3) is 0.500. The maximum absolute atomic E-state index is 11.4. The fourth-order valence-electron chi connectivity index (χ4n) is 2.09. The summed E-state index contributed by atoms with van der Waals surface area (Å²) in [6.07, 6.45) is 0. The van der Waals surface area contributed by atoms with Crippen LogP contribution in [0.25, 0.3) is 0 Å². The molecule has 0 fully saturated rings. The third kappa shape index (κ3) is 2.79. The smallest absolute Gasteiger partial charge is 0.151 e. The Bertz CT molecular complexity index is 511. The zero-order valence-electron chi connectivity index (χ0n) is 10.0. The SMILES string of the molecule is CCS(=O)(=O)CCN1Cc2cccc(N)c2C1. The van der Waals surface area contributed by atoms with E-state index < -0.39 is 9.84 Å². The number of hydrogen-bond donors (Lipinski definition) is 1. The summed E-state index contributed by atoms with van der Waals surface area (Å²) in [4.78, 5) is 2.13. The van der Waals surface area contributed by atoms with E-state index in [1.807, 2.05) is 12.1 Å². The number of benzene rings is 1. The number of fused-ring (bicyclic) bond motifs is 1. The van der Waals surface area contributed by atoms with Crippen LogP contribution < -0.4 is 5.73 Å². The maximum Gasteiger partial charge on any atom is 0.151 e. The van der Waals surface area contributed by atoms with Crippen molar-refractivity contribution in [3.8, 4) is 0 Å². The number of anilines is 1. The number of hydrogen-bond acceptors (Lipinski definition) is 4. The summed E-state index contributed by atoms with van der Waals surface area (Å²) < 4.78 is 22.9. The van der Waals surface area contributed by atoms with E-state index in [4.69, 9.17) is 5.73 Å². The second-order valence-electron chi connectivity index (χ2n) is 4.43. The van der Waals surface area contributed by atoms with Gasteiger partial charge in [-0.2, -0.15) is 0 Å². The van der Waals surface area contributed by atoms with Gasteiger partial charge in [0.15, 0.2) is 9.84 Å². The molecule has 0 aliphatic carbocycles. The zero-order valence-corrected chi connectivity index (χ0v) is 10.8. The minimum absolute atomic E-state index is 0.218. The van der Waals surface area contributed by atoms with Crippen molar-refractivity contribution in [3.05, 3.63) is 29.3 Å². The molecule has 0 aromatic heterocycles. The van der Waals surface area contributed by atoms with Gasteiger partial charge in [0.1, 0.15) is 0 Å². The van der Waals surface area contributed by atoms with Gasteiger partial charge in [0, 0.05) is 31.1 Å². The predicted octanol–water partition coefficient (Wildman–Crippen LogP) is 1.02. The van der Waals surface area contributed by atoms with E-state index in [2.05, 4.69) is 11.0 Å². The highest BCUT2D eigenvalue weighted by molar-refractivity contribution is 7.91. The van der Waals surface area contributed by atoms with Gasteiger partial charge in [-0.05, 0) is 17.2 Å². The second-order valence-corrected chi connectivity index (χ2v) is 6.90. The minimum atomic E-state index is -2.88. The van der Waals surface area contributed by atoms with Crippen molar-refractivity contribution < 1.29 is 8.42 Å². The van der Waals surface area contributed by atoms with Crippen LogP contribution in [0.3, 0.4) is 0 Å². The Hall–Kier alpha value is -1.07. The van der Waals surface area contributed by atoms with E-state index in [-0.39, 0.29) is 11.5 Å². The molecule has 0 spiro atoms. The molecule has 1 aliphatic rings. The molecule has 0 radical (unpaired) electrons. The van der Waals surface area contributed by atoms with Gasteiger partial charge in [0.25, 0.3) is 0 Å². The molecule has 1 heterocycles. The highest BCUT2D eigenvalue weighted by Gasteiger charge is 2.21. The molecule has 2 rings (SSSR count). The zero-order chi connectivity index (χ0) is 12.5. The minimum Gasteiger partial charge on any atom is -0.398 e. The topological polar surface area (TPSA) is 63.4 Å². The quantitative estimate of drug-likeness (QED) is 0.815. The Labute approximate surface area is 102 Å². The first kappa shape index (κ1) is 12.4. The molecule has 1 aromatic carbocycles. The molecule has 4 nitrogen and oxygen atoms in total. The molecule has 1 aliphatic heterocycles. The van der Waals surface area contributed by atoms with Crippen LogP contribution >= 0.6 is 0 Å². The van der Waals surface area contributed by atoms with E-state index >= 15 is 0 Å². The summed E-state index contributed by atoms with van der Waals surface area (Å²) in [6, 6.07) is 5.89. The average Bonchev–Trinajstić information content (AvgIpc) is 2.71. The van der Waals surface area contributed by atoms with Crippen LogP contribution in [-0.4, -0.2) is 31.4 Å². The van der Waals surface area contributed by atoms with Crippen LogP contribution in [0.15, 0.2) is 18.2 Å². The molecule has 94 valence electrons. The summed E-state index contributed by atoms with van der Waals surface area (Å²) >= 11 is 0. The van der Waals surface area contributed by atoms with Gasteiger partial charge in [0.05, 0.1) is 5.75 Å². The summed E-state index contributed by atoms with van der Waals surface area (Å²) in [5, 5.41) is 0. The van der Waals surface area contributed by atoms with Crippen molar-refractivity contribution in [2.24, 2.45) is 0 Å². The van der Waals surface area contributed by atoms with Gasteiger partial charge >= 0.3 is 0 Å². The lowest BCUT2D eigenvalue weighted by atomic mass is 10.1. The van der Waals surface area contributed by atoms with Gasteiger partial charge in [-0.3, -0.25) is 4.90 Å². The van der Waals surface area contributed by atoms with E-state index in [9.17, 15) is 8.42 Å². The monoisotopic (exact) mass is 254 g/mol. The number of sulfone groups is 1. The molecular formula is C12H18N2O2S. The van der Waals surface area contributed by atoms with Crippen molar-refractivity contribution >= 4 is 15.5 Å². The Morgan fingerprint density at radius 3 is 2.76 bits per heavy atom. The number of nitrogens with two attached hydrogens (primary N) is 1. The molecule has 0 atom stereocenters. The van der Waals surface area contributed by atoms with Gasteiger partial charge in [-0.1, -0.05) is 19.1 Å². The van der Waals surface area contributed by atoms with E-state index in [1.54, 1.807) is 6.92 Å². The molecule has 17 heavy (non-hydrogen) atoms. The van der Waals surface area contributed by atoms with E-state index in [0.717, 1.165) is 24.3 Å². The largest absolute Gasteiger partial charge is 0.398 e. The summed E-state index contributed by atoms with van der Waals surface area (Å²) in [6.45, 7) is 3.84. The Kier molecular flexibility index (Phi) is 3.40. The first-order chi connectivity index (χ1) is 8.02. The fourth-order valence-corrected chi connectivity index (χ4v) is 2.91. The third-order valence-corrected chi connectivity index (χ3v) is 4.93. The molecule has 0 saturated heterocycles. The third-order valence-electron chi connectivity index (χ3n) is 3.24. The van der Waals surface area contributed by atoms with Crippen LogP contribution in [0.1, 0.15) is 18.1 Å². The number of rotatable bonds is 4. The summed E-state index contributed by atoms with van der Waals surface area (Å²) in [5.74, 6) is 0.452. The van der Waals surface area contributed by atoms with Crippen LogP contribution in [0.4, 0.5) is 5.69 Å². The van der Waals surface area contributed by atoms with Gasteiger partial charge < -0.3 is 5.73 Å². The first-order valence-electron chi connectivity index (χ1n) is 5.81. The molecule has 0 bridgehead atoms. The Morgan fingerprint density at radius 2 is 2.12 bits per heavy atom. The van der Waals surface area contributed by atoms with Gasteiger partial charge in [0.2, 0.25) is 0 Å². The van der Waals surface area contributed by atoms with E-state index in [0.29, 0.717) is 6.54 Å². The summed E-state index contributed by atoms with van der Waals surface area (Å²) in [5.41, 5.74) is 9.08. The van der Waals surface area contributed by atoms with Crippen molar-refractivity contribution in [1.29, 1.82) is 0 Å². The molecule has 0 unspecified atom stereocenters. The van der Waals surface area contributed by atoms with Crippen molar-refractivity contribution in [2.45, 2.75) is 20.0 Å². The predicted molar refractivity (Wildman–Crippen MR) is 69.3 cm³/mol. The molecule has 0 saturated carbocycles. The van der Waals surface area contributed by atoms with Crippen molar-refractivity contribution in [3.63, 3.8) is 0 Å². The first-order valence-corrected chi connectivity index (χ1v) is 7.63. The lowest BCUT2D eigenvalue weighted by molar-refractivity contribution is 0.302. The highest BCUT2D eigenvalue weighted by Crippen LogP contribution is 2.27. The Morgan fingerprint density at radius 1 is 1.35 bits per heavy atom. The van der Waals surface area contributed by atoms with Gasteiger partial charge in [-0.25, -0.2) is 8.42 Å². The number of nitrogen functional groups attached to an aromatic ring is 1. The van der Waals surface area contributed by atoms with Crippen molar-refractivity contribution in [2.75, 3.05) is 23.8 Å². The molecule has 1 aromatic rings. The number of nitrogens with zero attached hydrogens (tertiary/aromatic N) is 1. The molecular weight excluding hydrogens is 236 g/mol. The molecule has 5 heteroatoms. The van der Waals surface area contributed by atoms with Crippen LogP contribution in [-0.2, 0) is 22.9 Å². The second kappa shape index (κ2) is 4.66. The van der Waals surface area contributed by atoms with Crippen LogP contribution in [0, 0.1) is 0 Å². The maximum atomic E-state index is 11.4. The van der Waals surface area contributed by atoms with Crippen molar-refractivity contribution in [1.82, 2.24) is 4.90 Å². The van der Waals surface area contributed by atoms with E-state index in [1.165, 1.54) is 5.56 Å². The summed E-state index contributed by atoms with van der Waals surface area (Å²) in [7, 11) is -2.88. The van der Waals surface area contributed by atoms with Gasteiger partial charge in [-0.15, -0.1) is 0 Å². The van der Waals surface area contributed by atoms with Crippen LogP contribution in [0.2, 0.25) is 0 Å². The average molecular weight is 254 g/mol. The molecule has 2 N–H and O–H groups in total. The highest BCUT2D eigenvalue weighted by atomic mass is 32.2. The normalized spacial score (nSPS) is 16.1. The Balaban J connectivity index is 2.00.